The molecule has 0 spiro atoms. The molecular formula is C15H30N2. The predicted molar refractivity (Wildman–Crippen MR) is 74.4 cm³/mol. The first kappa shape index (κ1) is 13.4. The first-order valence-electron chi connectivity index (χ1n) is 7.90. The fourth-order valence-corrected chi connectivity index (χ4v) is 3.21. The molecule has 2 saturated heterocycles. The summed E-state index contributed by atoms with van der Waals surface area (Å²) in [7, 11) is 0. The van der Waals surface area contributed by atoms with Gasteiger partial charge in [0.15, 0.2) is 0 Å². The Morgan fingerprint density at radius 3 is 1.29 bits per heavy atom. The normalized spacial score (nSPS) is 24.0. The van der Waals surface area contributed by atoms with E-state index in [1.54, 1.807) is 0 Å². The van der Waals surface area contributed by atoms with E-state index in [1.807, 2.05) is 0 Å². The van der Waals surface area contributed by atoms with Crippen LogP contribution in [0, 0.1) is 0 Å². The van der Waals surface area contributed by atoms with Crippen molar-refractivity contribution in [2.75, 3.05) is 39.3 Å². The maximum Gasteiger partial charge on any atom is -0.00187 e. The average Bonchev–Trinajstić information content (AvgIpc) is 2.41. The number of likely N-dealkylation sites (tertiary alicyclic amines) is 2. The van der Waals surface area contributed by atoms with Crippen LogP contribution >= 0.6 is 0 Å². The molecule has 0 aromatic carbocycles. The summed E-state index contributed by atoms with van der Waals surface area (Å²) >= 11 is 0. The number of nitrogens with zero attached hydrogens (tertiary/aromatic N) is 2. The second kappa shape index (κ2) is 8.10. The van der Waals surface area contributed by atoms with Crippen LogP contribution in [0.4, 0.5) is 0 Å². The molecule has 100 valence electrons. The fraction of sp³-hybridized carbons (Fsp3) is 1.00. The van der Waals surface area contributed by atoms with Crippen molar-refractivity contribution in [2.45, 2.75) is 57.8 Å². The Hall–Kier alpha value is -0.0800. The molecule has 0 unspecified atom stereocenters. The van der Waals surface area contributed by atoms with Gasteiger partial charge in [-0.3, -0.25) is 0 Å². The lowest BCUT2D eigenvalue weighted by Gasteiger charge is -2.27. The van der Waals surface area contributed by atoms with Gasteiger partial charge in [0.1, 0.15) is 0 Å². The van der Waals surface area contributed by atoms with Crippen LogP contribution < -0.4 is 0 Å². The lowest BCUT2D eigenvalue weighted by molar-refractivity contribution is 0.210. The van der Waals surface area contributed by atoms with Gasteiger partial charge >= 0.3 is 0 Å². The van der Waals surface area contributed by atoms with Crippen LogP contribution in [-0.4, -0.2) is 49.1 Å². The SMILES string of the molecule is C1CCN(CCCCCN2CCCCC2)CC1. The number of rotatable bonds is 6. The van der Waals surface area contributed by atoms with E-state index in [0.29, 0.717) is 0 Å². The third-order valence-electron chi connectivity index (χ3n) is 4.35. The highest BCUT2D eigenvalue weighted by Crippen LogP contribution is 2.12. The second-order valence-electron chi connectivity index (χ2n) is 5.87. The summed E-state index contributed by atoms with van der Waals surface area (Å²) in [5.41, 5.74) is 0. The molecule has 0 atom stereocenters. The first-order valence-corrected chi connectivity index (χ1v) is 7.90. The highest BCUT2D eigenvalue weighted by molar-refractivity contribution is 4.66. The Morgan fingerprint density at radius 2 is 0.882 bits per heavy atom. The van der Waals surface area contributed by atoms with Crippen LogP contribution in [-0.2, 0) is 0 Å². The molecule has 0 radical (unpaired) electrons. The molecular weight excluding hydrogens is 208 g/mol. The first-order chi connectivity index (χ1) is 8.45. The summed E-state index contributed by atoms with van der Waals surface area (Å²) in [4.78, 5) is 5.34. The Balaban J connectivity index is 1.42. The molecule has 0 saturated carbocycles. The molecule has 0 aliphatic carbocycles. The van der Waals surface area contributed by atoms with Gasteiger partial charge in [-0.15, -0.1) is 0 Å². The number of unbranched alkanes of at least 4 members (excludes halogenated alkanes) is 2. The van der Waals surface area contributed by atoms with Gasteiger partial charge in [-0.2, -0.15) is 0 Å². The molecule has 0 aromatic heterocycles. The zero-order chi connectivity index (χ0) is 11.8. The molecule has 2 aliphatic rings. The van der Waals surface area contributed by atoms with E-state index in [9.17, 15) is 0 Å². The molecule has 0 amide bonds. The maximum atomic E-state index is 2.67. The molecule has 2 heterocycles. The van der Waals surface area contributed by atoms with Crippen molar-refractivity contribution in [3.8, 4) is 0 Å². The van der Waals surface area contributed by atoms with Gasteiger partial charge in [0.05, 0.1) is 0 Å². The molecule has 0 aromatic rings. The molecule has 2 heteroatoms. The molecule has 2 rings (SSSR count). The van der Waals surface area contributed by atoms with Crippen molar-refractivity contribution in [1.82, 2.24) is 9.80 Å². The van der Waals surface area contributed by atoms with E-state index in [-0.39, 0.29) is 0 Å². The van der Waals surface area contributed by atoms with Gasteiger partial charge in [0.2, 0.25) is 0 Å². The van der Waals surface area contributed by atoms with Crippen molar-refractivity contribution in [3.05, 3.63) is 0 Å². The smallest absolute Gasteiger partial charge is 0.00187 e. The van der Waals surface area contributed by atoms with Gasteiger partial charge in [0.25, 0.3) is 0 Å². The van der Waals surface area contributed by atoms with Crippen LogP contribution in [0.25, 0.3) is 0 Å². The van der Waals surface area contributed by atoms with Crippen molar-refractivity contribution < 1.29 is 0 Å². The van der Waals surface area contributed by atoms with E-state index in [2.05, 4.69) is 9.80 Å². The fourth-order valence-electron chi connectivity index (χ4n) is 3.21. The quantitative estimate of drug-likeness (QED) is 0.656. The minimum Gasteiger partial charge on any atom is -0.303 e. The Kier molecular flexibility index (Phi) is 6.36. The van der Waals surface area contributed by atoms with Gasteiger partial charge in [-0.25, -0.2) is 0 Å². The van der Waals surface area contributed by atoms with Gasteiger partial charge in [0, 0.05) is 0 Å². The Morgan fingerprint density at radius 1 is 0.471 bits per heavy atom. The Bertz CT molecular complexity index is 161. The standard InChI is InChI=1S/C15H30N2/c1-4-10-16(11-5-1)14-8-3-9-15-17-12-6-2-7-13-17/h1-15H2. The van der Waals surface area contributed by atoms with Gasteiger partial charge in [-0.1, -0.05) is 19.3 Å². The third-order valence-corrected chi connectivity index (χ3v) is 4.35. The summed E-state index contributed by atoms with van der Waals surface area (Å²) in [6.07, 6.45) is 13.0. The maximum absolute atomic E-state index is 2.67. The lowest BCUT2D eigenvalue weighted by Crippen LogP contribution is -2.31. The predicted octanol–water partition coefficient (Wildman–Crippen LogP) is 3.13. The van der Waals surface area contributed by atoms with Crippen LogP contribution in [0.1, 0.15) is 57.8 Å². The average molecular weight is 238 g/mol. The van der Waals surface area contributed by atoms with E-state index >= 15 is 0 Å². The van der Waals surface area contributed by atoms with Crippen LogP contribution in [0.15, 0.2) is 0 Å². The summed E-state index contributed by atoms with van der Waals surface area (Å²) in [6, 6.07) is 0. The van der Waals surface area contributed by atoms with Gasteiger partial charge < -0.3 is 9.80 Å². The zero-order valence-corrected chi connectivity index (χ0v) is 11.5. The van der Waals surface area contributed by atoms with Crippen LogP contribution in [0.5, 0.6) is 0 Å². The number of hydrogen-bond acceptors (Lipinski definition) is 2. The molecule has 2 nitrogen and oxygen atoms in total. The molecule has 0 bridgehead atoms. The lowest BCUT2D eigenvalue weighted by atomic mass is 10.1. The summed E-state index contributed by atoms with van der Waals surface area (Å²) < 4.78 is 0. The minimum absolute atomic E-state index is 1.36. The highest BCUT2D eigenvalue weighted by Gasteiger charge is 2.10. The molecule has 2 aliphatic heterocycles. The van der Waals surface area contributed by atoms with Crippen LogP contribution in [0.2, 0.25) is 0 Å². The topological polar surface area (TPSA) is 6.48 Å². The third kappa shape index (κ3) is 5.39. The van der Waals surface area contributed by atoms with Crippen molar-refractivity contribution in [1.29, 1.82) is 0 Å². The van der Waals surface area contributed by atoms with E-state index in [1.165, 1.54) is 97.1 Å². The summed E-state index contributed by atoms with van der Waals surface area (Å²) in [5, 5.41) is 0. The van der Waals surface area contributed by atoms with Crippen molar-refractivity contribution in [2.24, 2.45) is 0 Å². The van der Waals surface area contributed by atoms with Crippen molar-refractivity contribution >= 4 is 0 Å². The van der Waals surface area contributed by atoms with E-state index in [0.717, 1.165) is 0 Å². The van der Waals surface area contributed by atoms with Gasteiger partial charge in [-0.05, 0) is 77.8 Å². The van der Waals surface area contributed by atoms with E-state index in [4.69, 9.17) is 0 Å². The largest absolute Gasteiger partial charge is 0.303 e. The Labute approximate surface area is 107 Å². The highest BCUT2D eigenvalue weighted by atomic mass is 15.1. The van der Waals surface area contributed by atoms with E-state index < -0.39 is 0 Å². The van der Waals surface area contributed by atoms with Crippen molar-refractivity contribution in [3.63, 3.8) is 0 Å². The second-order valence-corrected chi connectivity index (χ2v) is 5.87. The van der Waals surface area contributed by atoms with Crippen LogP contribution in [0.3, 0.4) is 0 Å². The summed E-state index contributed by atoms with van der Waals surface area (Å²) in [5.74, 6) is 0. The number of hydrogen-bond donors (Lipinski definition) is 0. The number of piperidine rings is 2. The zero-order valence-electron chi connectivity index (χ0n) is 11.5. The summed E-state index contributed by atoms with van der Waals surface area (Å²) in [6.45, 7) is 8.19. The molecule has 0 N–H and O–H groups in total. The molecule has 2 fully saturated rings. The minimum atomic E-state index is 1.36. The molecule has 17 heavy (non-hydrogen) atoms. The monoisotopic (exact) mass is 238 g/mol.